The number of methoxy groups -OCH3 is 1. The molecule has 7 heteroatoms. The largest absolute Gasteiger partial charge is 0.494 e. The van der Waals surface area contributed by atoms with E-state index in [1.54, 1.807) is 6.08 Å². The second-order valence-corrected chi connectivity index (χ2v) is 4.70. The van der Waals surface area contributed by atoms with E-state index >= 15 is 0 Å². The van der Waals surface area contributed by atoms with Gasteiger partial charge in [0.15, 0.2) is 17.6 Å². The van der Waals surface area contributed by atoms with E-state index in [-0.39, 0.29) is 17.7 Å². The molecule has 1 amide bonds. The Hall–Kier alpha value is -2.41. The number of hydrogen-bond acceptors (Lipinski definition) is 4. The lowest BCUT2D eigenvalue weighted by atomic mass is 10.1. The van der Waals surface area contributed by atoms with Gasteiger partial charge in [-0.05, 0) is 24.1 Å². The van der Waals surface area contributed by atoms with Crippen molar-refractivity contribution in [3.05, 3.63) is 42.2 Å². The van der Waals surface area contributed by atoms with Gasteiger partial charge in [0.05, 0.1) is 13.7 Å². The maximum atomic E-state index is 13.7. The first-order valence-corrected chi connectivity index (χ1v) is 7.03. The minimum Gasteiger partial charge on any atom is -0.494 e. The van der Waals surface area contributed by atoms with Gasteiger partial charge >= 0.3 is 5.97 Å². The molecule has 0 fully saturated rings. The van der Waals surface area contributed by atoms with Crippen molar-refractivity contribution in [3.63, 3.8) is 0 Å². The maximum Gasteiger partial charge on any atom is 0.330 e. The lowest BCUT2D eigenvalue weighted by Crippen LogP contribution is -2.33. The Labute approximate surface area is 133 Å². The molecule has 0 aliphatic heterocycles. The fourth-order valence-corrected chi connectivity index (χ4v) is 1.88. The standard InChI is InChI=1S/C16H20FNO5/c1-3-8-23-9-4-5-14(19)18-15(16(20)21)11-6-7-13(22-2)12(17)10-11/h3,6-7,10,15H,1,4-5,8-9H2,2H3,(H,18,19)(H,20,21). The van der Waals surface area contributed by atoms with Crippen LogP contribution < -0.4 is 10.1 Å². The number of benzene rings is 1. The number of carbonyl (C=O) groups excluding carboxylic acids is 1. The normalized spacial score (nSPS) is 11.6. The molecule has 1 aromatic rings. The van der Waals surface area contributed by atoms with Crippen LogP contribution in [0.1, 0.15) is 24.4 Å². The summed E-state index contributed by atoms with van der Waals surface area (Å²) in [6, 6.07) is 2.42. The summed E-state index contributed by atoms with van der Waals surface area (Å²) in [5.74, 6) is -2.41. The number of aliphatic carboxylic acids is 1. The zero-order valence-corrected chi connectivity index (χ0v) is 12.9. The topological polar surface area (TPSA) is 84.9 Å². The van der Waals surface area contributed by atoms with Gasteiger partial charge < -0.3 is 19.9 Å². The first kappa shape index (κ1) is 18.6. The molecular weight excluding hydrogens is 305 g/mol. The molecule has 0 saturated carbocycles. The van der Waals surface area contributed by atoms with Crippen molar-refractivity contribution < 1.29 is 28.6 Å². The Balaban J connectivity index is 2.65. The fraction of sp³-hybridized carbons (Fsp3) is 0.375. The zero-order valence-electron chi connectivity index (χ0n) is 12.9. The molecule has 1 unspecified atom stereocenters. The van der Waals surface area contributed by atoms with Crippen LogP contribution in [-0.2, 0) is 14.3 Å². The van der Waals surface area contributed by atoms with Crippen LogP contribution in [0, 0.1) is 5.82 Å². The van der Waals surface area contributed by atoms with E-state index in [1.165, 1.54) is 19.2 Å². The number of ether oxygens (including phenoxy) is 2. The van der Waals surface area contributed by atoms with Crippen molar-refractivity contribution in [1.82, 2.24) is 5.32 Å². The minimum absolute atomic E-state index is 0.00332. The summed E-state index contributed by atoms with van der Waals surface area (Å²) in [6.07, 6.45) is 2.15. The Morgan fingerprint density at radius 2 is 2.22 bits per heavy atom. The van der Waals surface area contributed by atoms with Crippen molar-refractivity contribution in [2.45, 2.75) is 18.9 Å². The highest BCUT2D eigenvalue weighted by Gasteiger charge is 2.23. The Bertz CT molecular complexity index is 561. The number of carbonyl (C=O) groups is 2. The van der Waals surface area contributed by atoms with Gasteiger partial charge in [0.25, 0.3) is 0 Å². The van der Waals surface area contributed by atoms with Crippen LogP contribution in [0.5, 0.6) is 5.75 Å². The van der Waals surface area contributed by atoms with Gasteiger partial charge in [-0.3, -0.25) is 4.79 Å². The highest BCUT2D eigenvalue weighted by Crippen LogP contribution is 2.22. The van der Waals surface area contributed by atoms with E-state index in [9.17, 15) is 19.1 Å². The predicted molar refractivity (Wildman–Crippen MR) is 81.7 cm³/mol. The summed E-state index contributed by atoms with van der Waals surface area (Å²) in [6.45, 7) is 4.26. The molecule has 1 rings (SSSR count). The fourth-order valence-electron chi connectivity index (χ4n) is 1.88. The molecule has 2 N–H and O–H groups in total. The summed E-state index contributed by atoms with van der Waals surface area (Å²) < 4.78 is 23.6. The highest BCUT2D eigenvalue weighted by atomic mass is 19.1. The average molecular weight is 325 g/mol. The van der Waals surface area contributed by atoms with E-state index in [0.717, 1.165) is 6.07 Å². The van der Waals surface area contributed by atoms with Crippen LogP contribution in [0.15, 0.2) is 30.9 Å². The molecule has 1 aromatic carbocycles. The summed E-state index contributed by atoms with van der Waals surface area (Å²) in [4.78, 5) is 23.1. The number of halogens is 1. The van der Waals surface area contributed by atoms with Crippen molar-refractivity contribution in [2.75, 3.05) is 20.3 Å². The van der Waals surface area contributed by atoms with E-state index in [1.807, 2.05) is 0 Å². The lowest BCUT2D eigenvalue weighted by Gasteiger charge is -2.15. The smallest absolute Gasteiger partial charge is 0.330 e. The van der Waals surface area contributed by atoms with Crippen LogP contribution in [-0.4, -0.2) is 37.3 Å². The van der Waals surface area contributed by atoms with E-state index in [0.29, 0.717) is 19.6 Å². The molecular formula is C16H20FNO5. The van der Waals surface area contributed by atoms with Gasteiger partial charge in [-0.25, -0.2) is 9.18 Å². The molecule has 0 aliphatic carbocycles. The first-order valence-electron chi connectivity index (χ1n) is 7.03. The molecule has 0 aromatic heterocycles. The average Bonchev–Trinajstić information content (AvgIpc) is 2.52. The quantitative estimate of drug-likeness (QED) is 0.508. The molecule has 0 heterocycles. The van der Waals surface area contributed by atoms with Crippen molar-refractivity contribution in [3.8, 4) is 5.75 Å². The van der Waals surface area contributed by atoms with Crippen LogP contribution in [0.2, 0.25) is 0 Å². The molecule has 0 aliphatic rings. The lowest BCUT2D eigenvalue weighted by molar-refractivity contribution is -0.142. The van der Waals surface area contributed by atoms with Crippen LogP contribution >= 0.6 is 0 Å². The SMILES string of the molecule is C=CCOCCCC(=O)NC(C(=O)O)c1ccc(OC)c(F)c1. The number of amides is 1. The number of hydrogen-bond donors (Lipinski definition) is 2. The monoisotopic (exact) mass is 325 g/mol. The molecule has 23 heavy (non-hydrogen) atoms. The van der Waals surface area contributed by atoms with E-state index < -0.39 is 23.7 Å². The van der Waals surface area contributed by atoms with Crippen molar-refractivity contribution in [1.29, 1.82) is 0 Å². The van der Waals surface area contributed by atoms with Crippen LogP contribution in [0.4, 0.5) is 4.39 Å². The number of nitrogens with one attached hydrogen (secondary N) is 1. The third-order valence-corrected chi connectivity index (χ3v) is 2.99. The zero-order chi connectivity index (χ0) is 17.2. The summed E-state index contributed by atoms with van der Waals surface area (Å²) in [7, 11) is 1.31. The Kier molecular flexibility index (Phi) is 7.76. The maximum absolute atomic E-state index is 13.7. The minimum atomic E-state index is -1.32. The number of rotatable bonds is 10. The van der Waals surface area contributed by atoms with Crippen molar-refractivity contribution in [2.24, 2.45) is 0 Å². The molecule has 0 saturated heterocycles. The summed E-state index contributed by atoms with van der Waals surface area (Å²) >= 11 is 0. The third-order valence-electron chi connectivity index (χ3n) is 2.99. The molecule has 0 radical (unpaired) electrons. The Morgan fingerprint density at radius 3 is 2.78 bits per heavy atom. The first-order chi connectivity index (χ1) is 11.0. The highest BCUT2D eigenvalue weighted by molar-refractivity contribution is 5.84. The van der Waals surface area contributed by atoms with E-state index in [4.69, 9.17) is 9.47 Å². The van der Waals surface area contributed by atoms with Crippen molar-refractivity contribution >= 4 is 11.9 Å². The number of carboxylic acid groups (broad SMARTS) is 1. The molecule has 126 valence electrons. The molecule has 1 atom stereocenters. The predicted octanol–water partition coefficient (Wildman–Crippen LogP) is 2.06. The second-order valence-electron chi connectivity index (χ2n) is 4.70. The molecule has 0 spiro atoms. The summed E-state index contributed by atoms with van der Waals surface area (Å²) in [5, 5.41) is 11.6. The second kappa shape index (κ2) is 9.58. The van der Waals surface area contributed by atoms with Crippen LogP contribution in [0.25, 0.3) is 0 Å². The Morgan fingerprint density at radius 1 is 1.48 bits per heavy atom. The van der Waals surface area contributed by atoms with Gasteiger partial charge in [0, 0.05) is 13.0 Å². The van der Waals surface area contributed by atoms with Gasteiger partial charge in [-0.2, -0.15) is 0 Å². The van der Waals surface area contributed by atoms with Gasteiger partial charge in [0.1, 0.15) is 0 Å². The van der Waals surface area contributed by atoms with Gasteiger partial charge in [-0.15, -0.1) is 6.58 Å². The van der Waals surface area contributed by atoms with E-state index in [2.05, 4.69) is 11.9 Å². The van der Waals surface area contributed by atoms with Gasteiger partial charge in [0.2, 0.25) is 5.91 Å². The number of carboxylic acids is 1. The van der Waals surface area contributed by atoms with Gasteiger partial charge in [-0.1, -0.05) is 12.1 Å². The van der Waals surface area contributed by atoms with Crippen LogP contribution in [0.3, 0.4) is 0 Å². The third kappa shape index (κ3) is 6.07. The summed E-state index contributed by atoms with van der Waals surface area (Å²) in [5.41, 5.74) is 0.132. The molecule has 0 bridgehead atoms. The molecule has 6 nitrogen and oxygen atoms in total.